The van der Waals surface area contributed by atoms with Crippen LogP contribution in [0.2, 0.25) is 0 Å². The van der Waals surface area contributed by atoms with Crippen molar-refractivity contribution >= 4 is 11.6 Å². The molecule has 3 aromatic carbocycles. The van der Waals surface area contributed by atoms with Crippen LogP contribution in [-0.4, -0.2) is 88.7 Å². The van der Waals surface area contributed by atoms with E-state index in [1.165, 1.54) is 0 Å². The third-order valence-electron chi connectivity index (χ3n) is 7.75. The molecule has 1 fully saturated rings. The van der Waals surface area contributed by atoms with E-state index in [0.717, 1.165) is 48.7 Å². The van der Waals surface area contributed by atoms with Crippen LogP contribution in [-0.2, 0) is 16.1 Å². The number of anilines is 1. The number of β-amino-alcohol motifs (C(OH)–C–C–N with tert-alkyl or cyclic N) is 1. The Morgan fingerprint density at radius 3 is 2.50 bits per heavy atom. The quantitative estimate of drug-likeness (QED) is 0.331. The minimum atomic E-state index is -0.578. The van der Waals surface area contributed by atoms with Gasteiger partial charge in [-0.3, -0.25) is 4.79 Å². The third kappa shape index (κ3) is 7.22. The van der Waals surface area contributed by atoms with Crippen LogP contribution in [0.15, 0.2) is 66.7 Å². The predicted octanol–water partition coefficient (Wildman–Crippen LogP) is 4.05. The number of nitrogens with one attached hydrogen (secondary N) is 1. The number of aliphatic hydroxyl groups is 1. The molecular formula is C33H41N3O6. The lowest BCUT2D eigenvalue weighted by Crippen LogP contribution is -2.49. The van der Waals surface area contributed by atoms with Crippen molar-refractivity contribution in [2.45, 2.75) is 31.2 Å². The summed E-state index contributed by atoms with van der Waals surface area (Å²) in [6.45, 7) is 4.76. The summed E-state index contributed by atoms with van der Waals surface area (Å²) >= 11 is 0. The number of hydrogen-bond acceptors (Lipinski definition) is 8. The zero-order valence-electron chi connectivity index (χ0n) is 24.6. The maximum absolute atomic E-state index is 12.1. The van der Waals surface area contributed by atoms with E-state index in [-0.39, 0.29) is 17.9 Å². The Kier molecular flexibility index (Phi) is 9.97. The molecule has 2 aliphatic heterocycles. The second-order valence-corrected chi connectivity index (χ2v) is 11.0. The molecule has 1 unspecified atom stereocenters. The highest BCUT2D eigenvalue weighted by Crippen LogP contribution is 2.34. The zero-order chi connectivity index (χ0) is 29.5. The fourth-order valence-electron chi connectivity index (χ4n) is 5.54. The number of benzene rings is 3. The fourth-order valence-corrected chi connectivity index (χ4v) is 5.54. The minimum Gasteiger partial charge on any atom is -0.490 e. The fraction of sp³-hybridized carbons (Fsp3) is 0.424. The lowest BCUT2D eigenvalue weighted by atomic mass is 9.85. The highest BCUT2D eigenvalue weighted by Gasteiger charge is 2.34. The second kappa shape index (κ2) is 14.0. The largest absolute Gasteiger partial charge is 0.490 e. The molecule has 42 heavy (non-hydrogen) atoms. The van der Waals surface area contributed by atoms with Crippen LogP contribution in [0.3, 0.4) is 0 Å². The van der Waals surface area contributed by atoms with E-state index in [9.17, 15) is 9.90 Å². The van der Waals surface area contributed by atoms with Crippen molar-refractivity contribution in [3.8, 4) is 17.2 Å². The van der Waals surface area contributed by atoms with E-state index >= 15 is 0 Å². The molecule has 2 heterocycles. The first-order valence-corrected chi connectivity index (χ1v) is 14.5. The SMILES string of the molecule is COCCCN1CCOc2ccc(CO[C@H]3CNC[C@@H](O)C3c3ccc(Oc4ccc(C(=O)N(C)C)cc4)cc3)cc21. The van der Waals surface area contributed by atoms with Gasteiger partial charge in [0.2, 0.25) is 0 Å². The Bertz CT molecular complexity index is 1310. The van der Waals surface area contributed by atoms with Gasteiger partial charge in [0.05, 0.1) is 31.0 Å². The molecule has 3 atom stereocenters. The van der Waals surface area contributed by atoms with Crippen molar-refractivity contribution in [3.05, 3.63) is 83.4 Å². The van der Waals surface area contributed by atoms with Crippen LogP contribution in [0.1, 0.15) is 33.8 Å². The molecule has 0 aliphatic carbocycles. The van der Waals surface area contributed by atoms with E-state index in [1.54, 1.807) is 50.4 Å². The summed E-state index contributed by atoms with van der Waals surface area (Å²) in [6, 6.07) is 21.1. The topological polar surface area (TPSA) is 92.7 Å². The number of rotatable bonds is 11. The predicted molar refractivity (Wildman–Crippen MR) is 162 cm³/mol. The van der Waals surface area contributed by atoms with Gasteiger partial charge < -0.3 is 39.2 Å². The molecule has 0 spiro atoms. The molecule has 9 heteroatoms. The summed E-state index contributed by atoms with van der Waals surface area (Å²) < 4.78 is 23.6. The standard InChI is InChI=1S/C33H41N3O6/c1-35(2)33(38)25-8-12-27(13-9-25)42-26-10-6-24(7-11-26)32-29(37)20-34-21-31(32)41-22-23-5-14-30-28(19-23)36(16-18-40-30)15-4-17-39-3/h5-14,19,29,31-32,34,37H,4,15-18,20-22H2,1-3H3/t29-,31+,32?/m1/s1. The van der Waals surface area contributed by atoms with Gasteiger partial charge in [0.15, 0.2) is 0 Å². The summed E-state index contributed by atoms with van der Waals surface area (Å²) in [4.78, 5) is 16.0. The molecule has 1 saturated heterocycles. The first kappa shape index (κ1) is 29.8. The number of carbonyl (C=O) groups excluding carboxylic acids is 1. The lowest BCUT2D eigenvalue weighted by molar-refractivity contribution is -0.0328. The van der Waals surface area contributed by atoms with Crippen molar-refractivity contribution in [2.24, 2.45) is 0 Å². The molecule has 2 aliphatic rings. The van der Waals surface area contributed by atoms with Crippen molar-refractivity contribution in [1.82, 2.24) is 10.2 Å². The van der Waals surface area contributed by atoms with Gasteiger partial charge >= 0.3 is 0 Å². The van der Waals surface area contributed by atoms with Gasteiger partial charge in [0.25, 0.3) is 5.91 Å². The first-order chi connectivity index (χ1) is 20.4. The number of nitrogens with zero attached hydrogens (tertiary/aromatic N) is 2. The summed E-state index contributed by atoms with van der Waals surface area (Å²) in [5, 5.41) is 14.3. The number of aliphatic hydroxyl groups excluding tert-OH is 1. The molecule has 0 radical (unpaired) electrons. The smallest absolute Gasteiger partial charge is 0.253 e. The summed E-state index contributed by atoms with van der Waals surface area (Å²) in [5.74, 6) is 1.99. The van der Waals surface area contributed by atoms with Gasteiger partial charge in [0.1, 0.15) is 23.9 Å². The summed E-state index contributed by atoms with van der Waals surface area (Å²) in [6.07, 6.45) is 0.176. The Labute approximate surface area is 247 Å². The normalized spacial score (nSPS) is 20.0. The third-order valence-corrected chi connectivity index (χ3v) is 7.75. The number of fused-ring (bicyclic) bond motifs is 1. The van der Waals surface area contributed by atoms with E-state index in [2.05, 4.69) is 16.3 Å². The molecule has 3 aromatic rings. The van der Waals surface area contributed by atoms with Crippen molar-refractivity contribution in [1.29, 1.82) is 0 Å². The summed E-state index contributed by atoms with van der Waals surface area (Å²) in [7, 11) is 5.18. The molecule has 0 aromatic heterocycles. The Morgan fingerprint density at radius 1 is 1.05 bits per heavy atom. The highest BCUT2D eigenvalue weighted by atomic mass is 16.5. The number of piperidine rings is 1. The Hall–Kier alpha value is -3.63. The van der Waals surface area contributed by atoms with Gasteiger partial charge in [-0.05, 0) is 66.1 Å². The van der Waals surface area contributed by atoms with Gasteiger partial charge in [-0.1, -0.05) is 18.2 Å². The molecule has 0 saturated carbocycles. The zero-order valence-corrected chi connectivity index (χ0v) is 24.6. The minimum absolute atomic E-state index is 0.0521. The van der Waals surface area contributed by atoms with E-state index < -0.39 is 6.10 Å². The monoisotopic (exact) mass is 575 g/mol. The Morgan fingerprint density at radius 2 is 1.79 bits per heavy atom. The number of amides is 1. The highest BCUT2D eigenvalue weighted by molar-refractivity contribution is 5.93. The van der Waals surface area contributed by atoms with Crippen molar-refractivity contribution in [3.63, 3.8) is 0 Å². The van der Waals surface area contributed by atoms with Crippen LogP contribution in [0.5, 0.6) is 17.2 Å². The number of carbonyl (C=O) groups is 1. The van der Waals surface area contributed by atoms with Crippen LogP contribution in [0.25, 0.3) is 0 Å². The van der Waals surface area contributed by atoms with Gasteiger partial charge in [-0.2, -0.15) is 0 Å². The van der Waals surface area contributed by atoms with Gasteiger partial charge in [-0.15, -0.1) is 0 Å². The average Bonchev–Trinajstić information content (AvgIpc) is 3.01. The average molecular weight is 576 g/mol. The molecular weight excluding hydrogens is 534 g/mol. The molecule has 1 amide bonds. The molecule has 0 bridgehead atoms. The Balaban J connectivity index is 1.23. The molecule has 2 N–H and O–H groups in total. The van der Waals surface area contributed by atoms with Crippen LogP contribution in [0.4, 0.5) is 5.69 Å². The van der Waals surface area contributed by atoms with Crippen molar-refractivity contribution < 1.29 is 28.8 Å². The molecule has 9 nitrogen and oxygen atoms in total. The summed E-state index contributed by atoms with van der Waals surface area (Å²) in [5.41, 5.74) is 3.76. The van der Waals surface area contributed by atoms with E-state index in [4.69, 9.17) is 18.9 Å². The van der Waals surface area contributed by atoms with E-state index in [0.29, 0.717) is 43.4 Å². The van der Waals surface area contributed by atoms with Gasteiger partial charge in [-0.25, -0.2) is 0 Å². The molecule has 224 valence electrons. The number of ether oxygens (including phenoxy) is 4. The first-order valence-electron chi connectivity index (χ1n) is 14.5. The van der Waals surface area contributed by atoms with Crippen LogP contribution >= 0.6 is 0 Å². The second-order valence-electron chi connectivity index (χ2n) is 11.0. The van der Waals surface area contributed by atoms with Crippen molar-refractivity contribution in [2.75, 3.05) is 65.5 Å². The maximum atomic E-state index is 12.1. The number of hydrogen-bond donors (Lipinski definition) is 2. The number of methoxy groups -OCH3 is 1. The van der Waals surface area contributed by atoms with Gasteiger partial charge in [0, 0.05) is 58.9 Å². The van der Waals surface area contributed by atoms with Crippen LogP contribution in [0, 0.1) is 0 Å². The van der Waals surface area contributed by atoms with Crippen LogP contribution < -0.4 is 19.7 Å². The molecule has 5 rings (SSSR count). The maximum Gasteiger partial charge on any atom is 0.253 e. The lowest BCUT2D eigenvalue weighted by Gasteiger charge is -2.36. The van der Waals surface area contributed by atoms with E-state index in [1.807, 2.05) is 36.4 Å².